The molecule has 0 saturated carbocycles. The molecule has 3 rings (SSSR count). The van der Waals surface area contributed by atoms with Crippen molar-refractivity contribution < 1.29 is 0 Å². The minimum absolute atomic E-state index is 0.270. The second kappa shape index (κ2) is 4.00. The van der Waals surface area contributed by atoms with Crippen molar-refractivity contribution in [3.8, 4) is 0 Å². The summed E-state index contributed by atoms with van der Waals surface area (Å²) in [5.74, 6) is 0.692. The van der Waals surface area contributed by atoms with Crippen molar-refractivity contribution in [2.75, 3.05) is 5.32 Å². The van der Waals surface area contributed by atoms with E-state index in [1.807, 2.05) is 19.2 Å². The third-order valence-corrected chi connectivity index (χ3v) is 3.34. The fraction of sp³-hybridized carbons (Fsp3) is 0.364. The maximum atomic E-state index is 5.98. The summed E-state index contributed by atoms with van der Waals surface area (Å²) in [6, 6.07) is 6.31. The van der Waals surface area contributed by atoms with Crippen LogP contribution in [-0.4, -0.2) is 20.2 Å². The van der Waals surface area contributed by atoms with Gasteiger partial charge in [-0.25, -0.2) is 4.68 Å². The van der Waals surface area contributed by atoms with E-state index < -0.39 is 0 Å². The first-order valence-electron chi connectivity index (χ1n) is 5.51. The average molecular weight is 250 g/mol. The predicted octanol–water partition coefficient (Wildman–Crippen LogP) is 1.96. The van der Waals surface area contributed by atoms with Crippen LogP contribution in [0.15, 0.2) is 18.2 Å². The lowest BCUT2D eigenvalue weighted by Gasteiger charge is -2.13. The van der Waals surface area contributed by atoms with Crippen LogP contribution in [0.5, 0.6) is 0 Å². The Labute approximate surface area is 104 Å². The van der Waals surface area contributed by atoms with Crippen LogP contribution in [-0.2, 0) is 13.5 Å². The van der Waals surface area contributed by atoms with E-state index in [2.05, 4.69) is 26.9 Å². The Morgan fingerprint density at radius 2 is 2.35 bits per heavy atom. The highest BCUT2D eigenvalue weighted by Gasteiger charge is 2.23. The van der Waals surface area contributed by atoms with Crippen molar-refractivity contribution in [3.05, 3.63) is 34.3 Å². The summed E-state index contributed by atoms with van der Waals surface area (Å²) in [6.45, 7) is 0. The summed E-state index contributed by atoms with van der Waals surface area (Å²) >= 11 is 5.98. The van der Waals surface area contributed by atoms with E-state index in [0.29, 0.717) is 5.95 Å². The molecule has 1 aliphatic rings. The first-order valence-corrected chi connectivity index (χ1v) is 5.89. The first-order chi connectivity index (χ1) is 8.24. The normalized spacial score (nSPS) is 18.1. The Kier molecular flexibility index (Phi) is 2.48. The monoisotopic (exact) mass is 249 g/mol. The number of aromatic nitrogens is 4. The molecule has 0 saturated heterocycles. The third-order valence-electron chi connectivity index (χ3n) is 3.11. The molecule has 17 heavy (non-hydrogen) atoms. The fourth-order valence-corrected chi connectivity index (χ4v) is 2.44. The molecular weight excluding hydrogens is 238 g/mol. The van der Waals surface area contributed by atoms with Gasteiger partial charge in [0.1, 0.15) is 0 Å². The number of fused-ring (bicyclic) bond motifs is 1. The van der Waals surface area contributed by atoms with Gasteiger partial charge in [0.15, 0.2) is 0 Å². The van der Waals surface area contributed by atoms with Gasteiger partial charge < -0.3 is 5.32 Å². The van der Waals surface area contributed by atoms with E-state index >= 15 is 0 Å². The van der Waals surface area contributed by atoms with Gasteiger partial charge in [0, 0.05) is 12.1 Å². The van der Waals surface area contributed by atoms with E-state index in [0.717, 1.165) is 17.9 Å². The molecule has 1 heterocycles. The summed E-state index contributed by atoms with van der Waals surface area (Å²) < 4.78 is 1.63. The Morgan fingerprint density at radius 1 is 1.47 bits per heavy atom. The fourth-order valence-electron chi connectivity index (χ4n) is 2.24. The van der Waals surface area contributed by atoms with Gasteiger partial charge in [-0.2, -0.15) is 0 Å². The van der Waals surface area contributed by atoms with Crippen LogP contribution in [0.2, 0.25) is 5.02 Å². The Hall–Kier alpha value is -1.62. The zero-order chi connectivity index (χ0) is 11.8. The largest absolute Gasteiger partial charge is 0.346 e. The Morgan fingerprint density at radius 3 is 3.12 bits per heavy atom. The van der Waals surface area contributed by atoms with Crippen LogP contribution < -0.4 is 5.32 Å². The molecule has 2 aromatic rings. The molecule has 1 atom stereocenters. The SMILES string of the molecule is Cn1nnnc1NC1CCc2cc(Cl)ccc21. The molecule has 1 aliphatic carbocycles. The smallest absolute Gasteiger partial charge is 0.243 e. The van der Waals surface area contributed by atoms with Crippen molar-refractivity contribution in [1.82, 2.24) is 20.2 Å². The van der Waals surface area contributed by atoms with Crippen LogP contribution in [0.4, 0.5) is 5.95 Å². The average Bonchev–Trinajstić information content (AvgIpc) is 2.87. The summed E-state index contributed by atoms with van der Waals surface area (Å²) in [6.07, 6.45) is 2.08. The maximum Gasteiger partial charge on any atom is 0.243 e. The number of hydrogen-bond donors (Lipinski definition) is 1. The van der Waals surface area contributed by atoms with Crippen molar-refractivity contribution in [3.63, 3.8) is 0 Å². The number of nitrogens with zero attached hydrogens (tertiary/aromatic N) is 4. The lowest BCUT2D eigenvalue weighted by molar-refractivity contribution is 0.693. The van der Waals surface area contributed by atoms with E-state index in [1.165, 1.54) is 11.1 Å². The Balaban J connectivity index is 1.87. The molecule has 1 aromatic heterocycles. The highest BCUT2D eigenvalue weighted by molar-refractivity contribution is 6.30. The minimum atomic E-state index is 0.270. The number of hydrogen-bond acceptors (Lipinski definition) is 4. The molecule has 88 valence electrons. The molecule has 0 amide bonds. The number of halogens is 1. The van der Waals surface area contributed by atoms with Crippen LogP contribution in [0, 0.1) is 0 Å². The van der Waals surface area contributed by atoms with Crippen LogP contribution >= 0.6 is 11.6 Å². The van der Waals surface area contributed by atoms with E-state index in [4.69, 9.17) is 11.6 Å². The zero-order valence-electron chi connectivity index (χ0n) is 9.39. The predicted molar refractivity (Wildman–Crippen MR) is 64.9 cm³/mol. The summed E-state index contributed by atoms with van der Waals surface area (Å²) in [5.41, 5.74) is 2.60. The molecule has 0 aliphatic heterocycles. The molecule has 1 unspecified atom stereocenters. The van der Waals surface area contributed by atoms with Gasteiger partial charge in [-0.15, -0.1) is 0 Å². The number of anilines is 1. The van der Waals surface area contributed by atoms with Crippen LogP contribution in [0.3, 0.4) is 0 Å². The van der Waals surface area contributed by atoms with Crippen molar-refractivity contribution in [2.24, 2.45) is 7.05 Å². The molecule has 0 bridgehead atoms. The lowest BCUT2D eigenvalue weighted by Crippen LogP contribution is -2.11. The van der Waals surface area contributed by atoms with Gasteiger partial charge >= 0.3 is 0 Å². The molecule has 0 spiro atoms. The van der Waals surface area contributed by atoms with Gasteiger partial charge in [-0.3, -0.25) is 0 Å². The second-order valence-electron chi connectivity index (χ2n) is 4.20. The van der Waals surface area contributed by atoms with Gasteiger partial charge in [-0.1, -0.05) is 22.8 Å². The molecule has 0 radical (unpaired) electrons. The molecule has 0 fully saturated rings. The van der Waals surface area contributed by atoms with Gasteiger partial charge in [0.05, 0.1) is 6.04 Å². The van der Waals surface area contributed by atoms with Gasteiger partial charge in [0.25, 0.3) is 0 Å². The minimum Gasteiger partial charge on any atom is -0.346 e. The number of rotatable bonds is 2. The highest BCUT2D eigenvalue weighted by Crippen LogP contribution is 2.34. The van der Waals surface area contributed by atoms with E-state index in [-0.39, 0.29) is 6.04 Å². The Bertz CT molecular complexity index is 551. The summed E-state index contributed by atoms with van der Waals surface area (Å²) in [5, 5.41) is 15.5. The topological polar surface area (TPSA) is 55.6 Å². The van der Waals surface area contributed by atoms with Crippen molar-refractivity contribution in [1.29, 1.82) is 0 Å². The number of tetrazole rings is 1. The standard InChI is InChI=1S/C11H12ClN5/c1-17-11(14-15-16-17)13-10-5-2-7-6-8(12)3-4-9(7)10/h3-4,6,10H,2,5H2,1H3,(H,13,14,16). The molecule has 6 heteroatoms. The van der Waals surface area contributed by atoms with Crippen LogP contribution in [0.1, 0.15) is 23.6 Å². The van der Waals surface area contributed by atoms with E-state index in [9.17, 15) is 0 Å². The zero-order valence-corrected chi connectivity index (χ0v) is 10.1. The van der Waals surface area contributed by atoms with Gasteiger partial charge in [-0.05, 0) is 46.5 Å². The second-order valence-corrected chi connectivity index (χ2v) is 4.64. The molecule has 1 aromatic carbocycles. The molecule has 5 nitrogen and oxygen atoms in total. The lowest BCUT2D eigenvalue weighted by atomic mass is 10.1. The maximum absolute atomic E-state index is 5.98. The summed E-state index contributed by atoms with van der Waals surface area (Å²) in [4.78, 5) is 0. The van der Waals surface area contributed by atoms with Crippen molar-refractivity contribution in [2.45, 2.75) is 18.9 Å². The number of benzene rings is 1. The summed E-state index contributed by atoms with van der Waals surface area (Å²) in [7, 11) is 1.82. The highest BCUT2D eigenvalue weighted by atomic mass is 35.5. The number of aryl methyl sites for hydroxylation is 2. The molecule has 1 N–H and O–H groups in total. The van der Waals surface area contributed by atoms with E-state index in [1.54, 1.807) is 4.68 Å². The molecular formula is C11H12ClN5. The van der Waals surface area contributed by atoms with Crippen molar-refractivity contribution >= 4 is 17.5 Å². The number of nitrogens with one attached hydrogen (secondary N) is 1. The van der Waals surface area contributed by atoms with Crippen LogP contribution in [0.25, 0.3) is 0 Å². The van der Waals surface area contributed by atoms with Gasteiger partial charge in [0.2, 0.25) is 5.95 Å². The quantitative estimate of drug-likeness (QED) is 0.884. The third kappa shape index (κ3) is 1.86. The first kappa shape index (κ1) is 10.5.